The number of carbonyl (C=O) groups is 1. The molecule has 0 saturated carbocycles. The van der Waals surface area contributed by atoms with Crippen molar-refractivity contribution >= 4 is 17.7 Å². The minimum absolute atomic E-state index is 0.139. The number of aliphatic hydroxyl groups excluding tert-OH is 1. The number of aliphatic hydroxyl groups is 1. The van der Waals surface area contributed by atoms with Crippen LogP contribution in [0, 0.1) is 0 Å². The first-order valence-corrected chi connectivity index (χ1v) is 2.79. The molecule has 0 aliphatic carbocycles. The lowest BCUT2D eigenvalue weighted by molar-refractivity contribution is -0.108. The predicted molar refractivity (Wildman–Crippen MR) is 37.0 cm³/mol. The lowest BCUT2D eigenvalue weighted by Gasteiger charge is -1.80. The molecule has 0 aliphatic heterocycles. The van der Waals surface area contributed by atoms with Gasteiger partial charge in [-0.2, -0.15) is 0 Å². The van der Waals surface area contributed by atoms with Gasteiger partial charge in [-0.15, -0.1) is 12.6 Å². The zero-order valence-corrected chi connectivity index (χ0v) is 6.27. The fourth-order valence-electron chi connectivity index (χ4n) is 0. The van der Waals surface area contributed by atoms with Gasteiger partial charge in [-0.05, 0) is 13.8 Å². The van der Waals surface area contributed by atoms with Crippen molar-refractivity contribution in [3.05, 3.63) is 0 Å². The van der Waals surface area contributed by atoms with Crippen LogP contribution >= 0.6 is 12.6 Å². The van der Waals surface area contributed by atoms with E-state index in [-0.39, 0.29) is 11.2 Å². The summed E-state index contributed by atoms with van der Waals surface area (Å²) in [4.78, 5) is 9.31. The molecule has 0 fully saturated rings. The van der Waals surface area contributed by atoms with Gasteiger partial charge in [-0.1, -0.05) is 0 Å². The summed E-state index contributed by atoms with van der Waals surface area (Å²) in [7, 11) is 0. The van der Waals surface area contributed by atoms with Crippen LogP contribution in [0.5, 0.6) is 0 Å². The van der Waals surface area contributed by atoms with Crippen LogP contribution in [0.15, 0.2) is 0 Å². The van der Waals surface area contributed by atoms with E-state index in [0.29, 0.717) is 0 Å². The minimum atomic E-state index is -0.167. The minimum Gasteiger partial charge on any atom is -0.394 e. The SMILES string of the molecule is CC(=O)S.CC(C)O. The maximum atomic E-state index is 9.31. The summed E-state index contributed by atoms with van der Waals surface area (Å²) >= 11 is 3.33. The molecule has 0 saturated heterocycles. The highest BCUT2D eigenvalue weighted by atomic mass is 32.1. The van der Waals surface area contributed by atoms with E-state index in [9.17, 15) is 4.79 Å². The number of thiol groups is 1. The molecule has 50 valence electrons. The summed E-state index contributed by atoms with van der Waals surface area (Å²) < 4.78 is 0. The number of hydrogen-bond acceptors (Lipinski definition) is 2. The molecular weight excluding hydrogens is 124 g/mol. The smallest absolute Gasteiger partial charge is 0.182 e. The second kappa shape index (κ2) is 6.98. The van der Waals surface area contributed by atoms with Crippen molar-refractivity contribution in [2.45, 2.75) is 26.9 Å². The van der Waals surface area contributed by atoms with Crippen LogP contribution in [0.25, 0.3) is 0 Å². The Labute approximate surface area is 55.3 Å². The summed E-state index contributed by atoms with van der Waals surface area (Å²) in [5.41, 5.74) is 0. The van der Waals surface area contributed by atoms with Gasteiger partial charge in [0.2, 0.25) is 0 Å². The molecule has 0 radical (unpaired) electrons. The van der Waals surface area contributed by atoms with Gasteiger partial charge in [-0.3, -0.25) is 4.79 Å². The van der Waals surface area contributed by atoms with Gasteiger partial charge in [0.05, 0.1) is 0 Å². The van der Waals surface area contributed by atoms with Gasteiger partial charge in [0.15, 0.2) is 5.12 Å². The monoisotopic (exact) mass is 136 g/mol. The van der Waals surface area contributed by atoms with Crippen LogP contribution in [-0.4, -0.2) is 16.3 Å². The van der Waals surface area contributed by atoms with E-state index in [1.54, 1.807) is 13.8 Å². The summed E-state index contributed by atoms with van der Waals surface area (Å²) in [6.45, 7) is 4.84. The molecule has 0 aromatic heterocycles. The maximum Gasteiger partial charge on any atom is 0.182 e. The molecule has 0 aromatic rings. The lowest BCUT2D eigenvalue weighted by Crippen LogP contribution is -1.85. The maximum absolute atomic E-state index is 9.31. The Hall–Kier alpha value is -0.0200. The molecule has 0 spiro atoms. The average Bonchev–Trinajstić information content (AvgIpc) is 1.25. The van der Waals surface area contributed by atoms with Crippen molar-refractivity contribution in [3.8, 4) is 0 Å². The molecule has 2 nitrogen and oxygen atoms in total. The first kappa shape index (κ1) is 10.9. The van der Waals surface area contributed by atoms with Crippen LogP contribution < -0.4 is 0 Å². The zero-order chi connectivity index (χ0) is 7.15. The fraction of sp³-hybridized carbons (Fsp3) is 0.800. The molecule has 0 unspecified atom stereocenters. The van der Waals surface area contributed by atoms with Crippen LogP contribution in [0.1, 0.15) is 20.8 Å². The van der Waals surface area contributed by atoms with Crippen molar-refractivity contribution in [2.75, 3.05) is 0 Å². The number of rotatable bonds is 0. The summed E-state index contributed by atoms with van der Waals surface area (Å²) in [5.74, 6) is 0. The van der Waals surface area contributed by atoms with Crippen molar-refractivity contribution in [1.29, 1.82) is 0 Å². The highest BCUT2D eigenvalue weighted by Gasteiger charge is 1.69. The lowest BCUT2D eigenvalue weighted by atomic mass is 10.5. The molecule has 0 amide bonds. The van der Waals surface area contributed by atoms with Gasteiger partial charge in [0.1, 0.15) is 0 Å². The second-order valence-corrected chi connectivity index (χ2v) is 2.24. The third kappa shape index (κ3) is 371000. The Morgan fingerprint density at radius 2 is 1.62 bits per heavy atom. The largest absolute Gasteiger partial charge is 0.394 e. The molecule has 0 rings (SSSR count). The molecule has 1 N–H and O–H groups in total. The van der Waals surface area contributed by atoms with E-state index in [4.69, 9.17) is 5.11 Å². The Morgan fingerprint density at radius 3 is 1.62 bits per heavy atom. The molecule has 0 atom stereocenters. The number of carbonyl (C=O) groups excluding carboxylic acids is 1. The van der Waals surface area contributed by atoms with E-state index >= 15 is 0 Å². The van der Waals surface area contributed by atoms with Crippen molar-refractivity contribution in [3.63, 3.8) is 0 Å². The summed E-state index contributed by atoms with van der Waals surface area (Å²) in [5, 5.41) is 7.92. The van der Waals surface area contributed by atoms with Crippen LogP contribution in [-0.2, 0) is 4.79 Å². The molecule has 0 aromatic carbocycles. The topological polar surface area (TPSA) is 37.3 Å². The average molecular weight is 136 g/mol. The Balaban J connectivity index is 0. The molecular formula is C5H12O2S. The van der Waals surface area contributed by atoms with E-state index < -0.39 is 0 Å². The Morgan fingerprint density at radius 1 is 1.62 bits per heavy atom. The molecule has 8 heavy (non-hydrogen) atoms. The molecule has 0 aliphatic rings. The van der Waals surface area contributed by atoms with E-state index in [0.717, 1.165) is 0 Å². The summed E-state index contributed by atoms with van der Waals surface area (Å²) in [6.07, 6.45) is -0.167. The van der Waals surface area contributed by atoms with E-state index in [2.05, 4.69) is 12.6 Å². The zero-order valence-electron chi connectivity index (χ0n) is 5.38. The second-order valence-electron chi connectivity index (χ2n) is 1.61. The van der Waals surface area contributed by atoms with Crippen molar-refractivity contribution < 1.29 is 9.90 Å². The van der Waals surface area contributed by atoms with Gasteiger partial charge >= 0.3 is 0 Å². The van der Waals surface area contributed by atoms with Crippen LogP contribution in [0.3, 0.4) is 0 Å². The quantitative estimate of drug-likeness (QED) is 0.484. The molecule has 0 bridgehead atoms. The first-order chi connectivity index (χ1) is 3.46. The molecule has 3 heteroatoms. The predicted octanol–water partition coefficient (Wildman–Crippen LogP) is 0.850. The van der Waals surface area contributed by atoms with Gasteiger partial charge in [0.25, 0.3) is 0 Å². The van der Waals surface area contributed by atoms with E-state index in [1.807, 2.05) is 0 Å². The fourth-order valence-corrected chi connectivity index (χ4v) is 0. The van der Waals surface area contributed by atoms with E-state index in [1.165, 1.54) is 6.92 Å². The van der Waals surface area contributed by atoms with Crippen LogP contribution in [0.4, 0.5) is 0 Å². The Kier molecular flexibility index (Phi) is 9.49. The first-order valence-electron chi connectivity index (χ1n) is 2.34. The highest BCUT2D eigenvalue weighted by molar-refractivity contribution is 7.96. The Bertz CT molecular complexity index is 54.7. The third-order valence-electron chi connectivity index (χ3n) is 0. The van der Waals surface area contributed by atoms with Gasteiger partial charge < -0.3 is 5.11 Å². The normalized spacial score (nSPS) is 7.75. The van der Waals surface area contributed by atoms with Crippen molar-refractivity contribution in [2.24, 2.45) is 0 Å². The third-order valence-corrected chi connectivity index (χ3v) is 0. The molecule has 0 heterocycles. The van der Waals surface area contributed by atoms with Gasteiger partial charge in [-0.25, -0.2) is 0 Å². The standard InChI is InChI=1S/C3H8O.C2H4OS/c1-3(2)4;1-2(3)4/h3-4H,1-2H3;1H3,(H,3,4). The number of hydrogen-bond donors (Lipinski definition) is 2. The van der Waals surface area contributed by atoms with Gasteiger partial charge in [0, 0.05) is 13.0 Å². The van der Waals surface area contributed by atoms with Crippen molar-refractivity contribution in [1.82, 2.24) is 0 Å². The summed E-state index contributed by atoms with van der Waals surface area (Å²) in [6, 6.07) is 0. The highest BCUT2D eigenvalue weighted by Crippen LogP contribution is 1.66. The van der Waals surface area contributed by atoms with Crippen LogP contribution in [0.2, 0.25) is 0 Å².